The highest BCUT2D eigenvalue weighted by molar-refractivity contribution is 7.47. The lowest BCUT2D eigenvalue weighted by Crippen LogP contribution is -2.64. The molecule has 0 bridgehead atoms. The molecule has 9 N–H and O–H groups in total. The van der Waals surface area contributed by atoms with Gasteiger partial charge in [-0.3, -0.25) is 13.8 Å². The van der Waals surface area contributed by atoms with E-state index in [0.29, 0.717) is 12.8 Å². The number of carbonyl (C=O) groups is 1. The summed E-state index contributed by atoms with van der Waals surface area (Å²) >= 11 is 0. The van der Waals surface area contributed by atoms with E-state index < -0.39 is 75.2 Å². The minimum Gasteiger partial charge on any atom is -0.393 e. The Hall–Kier alpha value is -0.960. The average molecular weight is 838 g/mol. The van der Waals surface area contributed by atoms with Gasteiger partial charge in [0.05, 0.1) is 31.3 Å². The number of aliphatic hydroxyl groups excluding tert-OH is 7. The van der Waals surface area contributed by atoms with Crippen molar-refractivity contribution < 1.29 is 59.0 Å². The van der Waals surface area contributed by atoms with Gasteiger partial charge in [0.1, 0.15) is 36.6 Å². The number of phosphoric acid groups is 1. The Morgan fingerprint density at radius 2 is 1.00 bits per heavy atom. The van der Waals surface area contributed by atoms with Gasteiger partial charge in [-0.2, -0.15) is 0 Å². The topological polar surface area (TPSA) is 226 Å². The van der Waals surface area contributed by atoms with Crippen LogP contribution in [0.1, 0.15) is 194 Å². The Balaban J connectivity index is 2.55. The molecule has 0 aliphatic heterocycles. The van der Waals surface area contributed by atoms with E-state index in [9.17, 15) is 50.0 Å². The van der Waals surface area contributed by atoms with Crippen molar-refractivity contribution in [2.75, 3.05) is 6.61 Å². The van der Waals surface area contributed by atoms with Gasteiger partial charge in [0, 0.05) is 0 Å². The van der Waals surface area contributed by atoms with Crippen molar-refractivity contribution >= 4 is 13.7 Å². The molecule has 1 aliphatic rings. The van der Waals surface area contributed by atoms with Crippen molar-refractivity contribution in [3.8, 4) is 0 Å². The first-order valence-corrected chi connectivity index (χ1v) is 24.2. The monoisotopic (exact) mass is 838 g/mol. The van der Waals surface area contributed by atoms with E-state index in [4.69, 9.17) is 9.05 Å². The largest absolute Gasteiger partial charge is 0.472 e. The van der Waals surface area contributed by atoms with Crippen molar-refractivity contribution in [1.82, 2.24) is 5.32 Å². The second-order valence-electron chi connectivity index (χ2n) is 16.4. The van der Waals surface area contributed by atoms with E-state index >= 15 is 0 Å². The molecule has 13 nitrogen and oxygen atoms in total. The van der Waals surface area contributed by atoms with Gasteiger partial charge >= 0.3 is 7.82 Å². The van der Waals surface area contributed by atoms with E-state index in [0.717, 1.165) is 44.9 Å². The molecule has 14 heteroatoms. The molecule has 8 unspecified atom stereocenters. The van der Waals surface area contributed by atoms with E-state index in [-0.39, 0.29) is 6.42 Å². The first kappa shape index (κ1) is 54.1. The SMILES string of the molecule is CCCCCCCCCCCC/C=C/C(O)C(COP(=O)(O)OC1C(O)C(O)C(O)C(O)C1O)NC(=O)CC(O)CCCCCCCCCCCCCCCCC. The second-order valence-corrected chi connectivity index (χ2v) is 17.9. The quantitative estimate of drug-likeness (QED) is 0.0175. The molecule has 338 valence electrons. The summed E-state index contributed by atoms with van der Waals surface area (Å²) in [6, 6.07) is -1.23. The summed E-state index contributed by atoms with van der Waals surface area (Å²) in [5.74, 6) is -0.591. The van der Waals surface area contributed by atoms with E-state index in [2.05, 4.69) is 19.2 Å². The standard InChI is InChI=1S/C43H84NO12P/c1-3-5-7-9-11-13-15-17-18-19-20-22-24-26-28-30-34(45)32-37(47)44-35(36(46)31-29-27-25-23-21-16-14-12-10-8-6-4-2)33-55-57(53,54)56-43-41(51)39(49)38(48)40(50)42(43)52/h29,31,34-36,38-43,45-46,48-52H,3-28,30,32-33H2,1-2H3,(H,44,47)(H,53,54)/b31-29+. The van der Waals surface area contributed by atoms with Crippen molar-refractivity contribution in [3.05, 3.63) is 12.2 Å². The third kappa shape index (κ3) is 26.1. The summed E-state index contributed by atoms with van der Waals surface area (Å²) in [4.78, 5) is 23.4. The summed E-state index contributed by atoms with van der Waals surface area (Å²) in [7, 11) is -5.13. The molecule has 0 aromatic rings. The van der Waals surface area contributed by atoms with E-state index in [1.807, 2.05) is 0 Å². The fraction of sp³-hybridized carbons (Fsp3) is 0.930. The van der Waals surface area contributed by atoms with Crippen molar-refractivity contribution in [3.63, 3.8) is 0 Å². The lowest BCUT2D eigenvalue weighted by atomic mass is 9.85. The third-order valence-corrected chi connectivity index (χ3v) is 12.1. The van der Waals surface area contributed by atoms with Gasteiger partial charge in [0.2, 0.25) is 5.91 Å². The summed E-state index contributed by atoms with van der Waals surface area (Å²) in [6.45, 7) is 3.72. The molecular formula is C43H84NO12P. The number of phosphoric ester groups is 1. The van der Waals surface area contributed by atoms with E-state index in [1.165, 1.54) is 122 Å². The Labute approximate surface area is 344 Å². The molecule has 0 aromatic carbocycles. The number of unbranched alkanes of at least 4 members (excludes halogenated alkanes) is 24. The molecule has 0 aromatic heterocycles. The zero-order chi connectivity index (χ0) is 42.3. The minimum absolute atomic E-state index is 0.240. The van der Waals surface area contributed by atoms with Gasteiger partial charge in [-0.1, -0.05) is 180 Å². The molecule has 0 radical (unpaired) electrons. The molecule has 1 rings (SSSR count). The number of hydrogen-bond acceptors (Lipinski definition) is 11. The van der Waals surface area contributed by atoms with Crippen LogP contribution in [0, 0.1) is 0 Å². The third-order valence-electron chi connectivity index (χ3n) is 11.1. The average Bonchev–Trinajstić information content (AvgIpc) is 3.18. The summed E-state index contributed by atoms with van der Waals surface area (Å²) in [6.07, 6.45) is 20.2. The predicted octanol–water partition coefficient (Wildman–Crippen LogP) is 7.03. The summed E-state index contributed by atoms with van der Waals surface area (Å²) in [5.41, 5.74) is 0. The van der Waals surface area contributed by atoms with Crippen LogP contribution in [-0.4, -0.2) is 108 Å². The number of rotatable bonds is 37. The molecule has 8 atom stereocenters. The number of nitrogens with one attached hydrogen (secondary N) is 1. The summed E-state index contributed by atoms with van der Waals surface area (Å²) in [5, 5.41) is 74.3. The van der Waals surface area contributed by atoms with Crippen LogP contribution in [-0.2, 0) is 18.4 Å². The smallest absolute Gasteiger partial charge is 0.393 e. The molecule has 1 fully saturated rings. The second kappa shape index (κ2) is 33.7. The van der Waals surface area contributed by atoms with E-state index in [1.54, 1.807) is 6.08 Å². The highest BCUT2D eigenvalue weighted by atomic mass is 31.2. The molecule has 1 amide bonds. The Bertz CT molecular complexity index is 1040. The lowest BCUT2D eigenvalue weighted by molar-refractivity contribution is -0.220. The van der Waals surface area contributed by atoms with Crippen LogP contribution in [0.3, 0.4) is 0 Å². The van der Waals surface area contributed by atoms with Gasteiger partial charge in [0.15, 0.2) is 0 Å². The predicted molar refractivity (Wildman–Crippen MR) is 224 cm³/mol. The highest BCUT2D eigenvalue weighted by Crippen LogP contribution is 2.47. The molecule has 1 aliphatic carbocycles. The van der Waals surface area contributed by atoms with Crippen LogP contribution >= 0.6 is 7.82 Å². The molecule has 57 heavy (non-hydrogen) atoms. The maximum atomic E-state index is 13.0. The maximum absolute atomic E-state index is 13.0. The number of carbonyl (C=O) groups excluding carboxylic acids is 1. The zero-order valence-corrected chi connectivity index (χ0v) is 36.4. The highest BCUT2D eigenvalue weighted by Gasteiger charge is 2.51. The van der Waals surface area contributed by atoms with Gasteiger partial charge in [-0.05, 0) is 19.3 Å². The van der Waals surface area contributed by atoms with Crippen LogP contribution in [0.5, 0.6) is 0 Å². The zero-order valence-electron chi connectivity index (χ0n) is 35.5. The molecule has 1 saturated carbocycles. The minimum atomic E-state index is -5.13. The Kier molecular flexibility index (Phi) is 32.0. The van der Waals surface area contributed by atoms with Gasteiger partial charge in [-0.15, -0.1) is 0 Å². The molecule has 0 spiro atoms. The fourth-order valence-electron chi connectivity index (χ4n) is 7.36. The van der Waals surface area contributed by atoms with Crippen molar-refractivity contribution in [1.29, 1.82) is 0 Å². The number of hydrogen-bond donors (Lipinski definition) is 9. The Morgan fingerprint density at radius 1 is 0.614 bits per heavy atom. The normalized spacial score (nSPS) is 24.0. The number of allylic oxidation sites excluding steroid dienone is 1. The maximum Gasteiger partial charge on any atom is 0.472 e. The first-order chi connectivity index (χ1) is 27.3. The number of aliphatic hydroxyl groups is 7. The first-order valence-electron chi connectivity index (χ1n) is 22.7. The van der Waals surface area contributed by atoms with Crippen LogP contribution < -0.4 is 5.32 Å². The van der Waals surface area contributed by atoms with Crippen LogP contribution in [0.2, 0.25) is 0 Å². The molecular weight excluding hydrogens is 753 g/mol. The molecule has 0 heterocycles. The Morgan fingerprint density at radius 3 is 1.44 bits per heavy atom. The lowest BCUT2D eigenvalue weighted by Gasteiger charge is -2.41. The van der Waals surface area contributed by atoms with Crippen LogP contribution in [0.4, 0.5) is 0 Å². The summed E-state index contributed by atoms with van der Waals surface area (Å²) < 4.78 is 22.8. The van der Waals surface area contributed by atoms with Crippen molar-refractivity contribution in [2.24, 2.45) is 0 Å². The fourth-order valence-corrected chi connectivity index (χ4v) is 8.33. The van der Waals surface area contributed by atoms with Gasteiger partial charge < -0.3 is 46.0 Å². The van der Waals surface area contributed by atoms with Gasteiger partial charge in [-0.25, -0.2) is 4.57 Å². The van der Waals surface area contributed by atoms with Gasteiger partial charge in [0.25, 0.3) is 0 Å². The van der Waals surface area contributed by atoms with Crippen LogP contribution in [0.15, 0.2) is 12.2 Å². The molecule has 0 saturated heterocycles. The number of amides is 1. The van der Waals surface area contributed by atoms with Crippen LogP contribution in [0.25, 0.3) is 0 Å². The van der Waals surface area contributed by atoms with Crippen molar-refractivity contribution in [2.45, 2.75) is 249 Å².